The lowest BCUT2D eigenvalue weighted by Crippen LogP contribution is -2.61. The van der Waals surface area contributed by atoms with Gasteiger partial charge in [0.05, 0.1) is 17.6 Å². The molecule has 3 aliphatic rings. The van der Waals surface area contributed by atoms with E-state index in [0.29, 0.717) is 31.5 Å². The summed E-state index contributed by atoms with van der Waals surface area (Å²) in [6.07, 6.45) is 4.13. The Bertz CT molecular complexity index is 761. The third-order valence-corrected chi connectivity index (χ3v) is 7.04. The first-order chi connectivity index (χ1) is 12.2. The van der Waals surface area contributed by atoms with Crippen LogP contribution < -0.4 is 4.90 Å². The predicted octanol–water partition coefficient (Wildman–Crippen LogP) is -0.129. The van der Waals surface area contributed by atoms with E-state index >= 15 is 0 Å². The number of hydrogen-bond donors (Lipinski definition) is 1. The van der Waals surface area contributed by atoms with Crippen molar-refractivity contribution in [1.29, 1.82) is 0 Å². The van der Waals surface area contributed by atoms with Crippen molar-refractivity contribution >= 4 is 15.8 Å². The van der Waals surface area contributed by atoms with E-state index in [4.69, 9.17) is 0 Å². The van der Waals surface area contributed by atoms with Gasteiger partial charge in [-0.05, 0) is 38.4 Å². The molecule has 3 heterocycles. The monoisotopic (exact) mass is 381 g/mol. The summed E-state index contributed by atoms with van der Waals surface area (Å²) in [6.45, 7) is 2.74. The highest BCUT2D eigenvalue weighted by Crippen LogP contribution is 2.39. The van der Waals surface area contributed by atoms with Gasteiger partial charge in [0.25, 0.3) is 0 Å². The Balaban J connectivity index is 1.28. The van der Waals surface area contributed by atoms with Crippen molar-refractivity contribution in [2.75, 3.05) is 50.9 Å². The van der Waals surface area contributed by atoms with Gasteiger partial charge in [0.1, 0.15) is 0 Å². The van der Waals surface area contributed by atoms with Crippen molar-refractivity contribution in [3.8, 4) is 0 Å². The van der Waals surface area contributed by atoms with E-state index in [0.717, 1.165) is 24.6 Å². The fourth-order valence-electron chi connectivity index (χ4n) is 3.85. The van der Waals surface area contributed by atoms with Gasteiger partial charge in [0.15, 0.2) is 5.82 Å². The second-order valence-electron chi connectivity index (χ2n) is 8.14. The van der Waals surface area contributed by atoms with Crippen LogP contribution >= 0.6 is 0 Å². The van der Waals surface area contributed by atoms with Crippen molar-refractivity contribution in [2.45, 2.75) is 36.8 Å². The summed E-state index contributed by atoms with van der Waals surface area (Å²) < 4.78 is 24.7. The first-order valence-corrected chi connectivity index (χ1v) is 11.0. The van der Waals surface area contributed by atoms with Crippen LogP contribution in [0, 0.1) is 0 Å². The molecule has 0 amide bonds. The first-order valence-electron chi connectivity index (χ1n) is 9.20. The van der Waals surface area contributed by atoms with E-state index < -0.39 is 15.6 Å². The molecule has 1 aromatic rings. The van der Waals surface area contributed by atoms with Crippen LogP contribution in [-0.4, -0.2) is 90.6 Å². The van der Waals surface area contributed by atoms with Crippen LogP contribution in [0.3, 0.4) is 0 Å². The van der Waals surface area contributed by atoms with Gasteiger partial charge in [-0.3, -0.25) is 4.90 Å². The van der Waals surface area contributed by atoms with Gasteiger partial charge in [0.2, 0.25) is 10.0 Å². The molecule has 1 aromatic heterocycles. The summed E-state index contributed by atoms with van der Waals surface area (Å²) in [4.78, 5) is 4.32. The first kappa shape index (κ1) is 18.1. The number of aromatic nitrogens is 2. The van der Waals surface area contributed by atoms with Crippen LogP contribution in [0.25, 0.3) is 0 Å². The molecule has 1 atom stereocenters. The Hall–Kier alpha value is -1.29. The highest BCUT2D eigenvalue weighted by molar-refractivity contribution is 7.88. The van der Waals surface area contributed by atoms with E-state index in [9.17, 15) is 13.5 Å². The molecule has 2 saturated heterocycles. The number of hydrogen-bond acceptors (Lipinski definition) is 7. The Morgan fingerprint density at radius 2 is 2.04 bits per heavy atom. The minimum absolute atomic E-state index is 0.181. The van der Waals surface area contributed by atoms with E-state index in [-0.39, 0.29) is 6.54 Å². The highest BCUT2D eigenvalue weighted by atomic mass is 32.2. The van der Waals surface area contributed by atoms with Gasteiger partial charge in [-0.2, -0.15) is 9.40 Å². The van der Waals surface area contributed by atoms with Gasteiger partial charge in [-0.1, -0.05) is 0 Å². The molecule has 8 nitrogen and oxygen atoms in total. The average Bonchev–Trinajstić information content (AvgIpc) is 3.28. The maximum Gasteiger partial charge on any atom is 0.211 e. The second-order valence-corrected chi connectivity index (χ2v) is 10.1. The quantitative estimate of drug-likeness (QED) is 0.734. The van der Waals surface area contributed by atoms with Gasteiger partial charge in [0, 0.05) is 44.7 Å². The molecule has 144 valence electrons. The zero-order valence-corrected chi connectivity index (χ0v) is 16.2. The lowest BCUT2D eigenvalue weighted by atomic mass is 10.00. The highest BCUT2D eigenvalue weighted by Gasteiger charge is 2.42. The lowest BCUT2D eigenvalue weighted by Gasteiger charge is -2.46. The lowest BCUT2D eigenvalue weighted by molar-refractivity contribution is 0.00864. The molecule has 0 radical (unpaired) electrons. The smallest absolute Gasteiger partial charge is 0.211 e. The average molecular weight is 382 g/mol. The number of aliphatic hydroxyl groups is 1. The molecule has 26 heavy (non-hydrogen) atoms. The molecule has 2 aliphatic heterocycles. The standard InChI is InChI=1S/C17H27N5O3S/c1-20(11-17(23)7-8-22(12-17)26(2,24)25)14-9-21(10-14)16-6-5-15(18-19-16)13-3-4-13/h5-6,13-14,23H,3-4,7-12H2,1-2H3. The van der Waals surface area contributed by atoms with E-state index in [1.807, 2.05) is 13.1 Å². The molecule has 1 unspecified atom stereocenters. The third-order valence-electron chi connectivity index (χ3n) is 5.79. The van der Waals surface area contributed by atoms with Crippen LogP contribution in [0.15, 0.2) is 12.1 Å². The van der Waals surface area contributed by atoms with Gasteiger partial charge < -0.3 is 10.0 Å². The molecular formula is C17H27N5O3S. The molecular weight excluding hydrogens is 354 g/mol. The number of likely N-dealkylation sites (N-methyl/N-ethyl adjacent to an activating group) is 1. The topological polar surface area (TPSA) is 89.9 Å². The van der Waals surface area contributed by atoms with Crippen LogP contribution in [0.5, 0.6) is 0 Å². The molecule has 0 spiro atoms. The van der Waals surface area contributed by atoms with Crippen LogP contribution in [0.2, 0.25) is 0 Å². The number of anilines is 1. The number of rotatable bonds is 6. The summed E-state index contributed by atoms with van der Waals surface area (Å²) in [6, 6.07) is 4.46. The number of sulfonamides is 1. The minimum Gasteiger partial charge on any atom is -0.387 e. The second kappa shape index (κ2) is 6.40. The van der Waals surface area contributed by atoms with Crippen LogP contribution in [0.4, 0.5) is 5.82 Å². The van der Waals surface area contributed by atoms with E-state index in [1.54, 1.807) is 0 Å². The van der Waals surface area contributed by atoms with Crippen LogP contribution in [-0.2, 0) is 10.0 Å². The SMILES string of the molecule is CN(CC1(O)CCN(S(C)(=O)=O)C1)C1CN(c2ccc(C3CC3)nn2)C1. The van der Waals surface area contributed by atoms with Crippen molar-refractivity contribution in [3.63, 3.8) is 0 Å². The zero-order valence-electron chi connectivity index (χ0n) is 15.4. The van der Waals surface area contributed by atoms with Crippen molar-refractivity contribution in [3.05, 3.63) is 17.8 Å². The number of nitrogens with zero attached hydrogens (tertiary/aromatic N) is 5. The summed E-state index contributed by atoms with van der Waals surface area (Å²) >= 11 is 0. The molecule has 0 bridgehead atoms. The Morgan fingerprint density at radius 1 is 1.31 bits per heavy atom. The van der Waals surface area contributed by atoms with Crippen molar-refractivity contribution in [2.24, 2.45) is 0 Å². The predicted molar refractivity (Wildman–Crippen MR) is 98.6 cm³/mol. The molecule has 4 rings (SSSR count). The van der Waals surface area contributed by atoms with E-state index in [2.05, 4.69) is 26.1 Å². The summed E-state index contributed by atoms with van der Waals surface area (Å²) in [5, 5.41) is 19.4. The largest absolute Gasteiger partial charge is 0.387 e. The van der Waals surface area contributed by atoms with Gasteiger partial charge in [-0.25, -0.2) is 8.42 Å². The zero-order chi connectivity index (χ0) is 18.5. The molecule has 1 N–H and O–H groups in total. The fraction of sp³-hybridized carbons (Fsp3) is 0.765. The Labute approximate surface area is 154 Å². The molecule has 1 saturated carbocycles. The Kier molecular flexibility index (Phi) is 4.45. The third kappa shape index (κ3) is 3.71. The maximum atomic E-state index is 11.7. The molecule has 1 aliphatic carbocycles. The Morgan fingerprint density at radius 3 is 2.58 bits per heavy atom. The van der Waals surface area contributed by atoms with Crippen LogP contribution in [0.1, 0.15) is 30.9 Å². The van der Waals surface area contributed by atoms with Crippen molar-refractivity contribution < 1.29 is 13.5 Å². The summed E-state index contributed by atoms with van der Waals surface area (Å²) in [5.41, 5.74) is 0.131. The summed E-state index contributed by atoms with van der Waals surface area (Å²) in [5.74, 6) is 1.52. The van der Waals surface area contributed by atoms with Gasteiger partial charge in [-0.15, -0.1) is 5.10 Å². The number of β-amino-alcohol motifs (C(OH)–C–C–N with tert-alkyl or cyclic N) is 1. The molecule has 3 fully saturated rings. The maximum absolute atomic E-state index is 11.7. The minimum atomic E-state index is -3.24. The van der Waals surface area contributed by atoms with Gasteiger partial charge >= 0.3 is 0 Å². The molecule has 9 heteroatoms. The summed E-state index contributed by atoms with van der Waals surface area (Å²) in [7, 11) is -1.25. The van der Waals surface area contributed by atoms with Crippen molar-refractivity contribution in [1.82, 2.24) is 19.4 Å². The normalized spacial score (nSPS) is 27.9. The fourth-order valence-corrected chi connectivity index (χ4v) is 4.74. The van der Waals surface area contributed by atoms with E-state index in [1.165, 1.54) is 23.4 Å². The molecule has 0 aromatic carbocycles.